The van der Waals surface area contributed by atoms with Gasteiger partial charge in [0, 0.05) is 36.7 Å². The minimum atomic E-state index is -4.46. The van der Waals surface area contributed by atoms with E-state index < -0.39 is 12.8 Å². The van der Waals surface area contributed by atoms with Crippen LogP contribution in [0.25, 0.3) is 16.8 Å². The molecule has 38 heavy (non-hydrogen) atoms. The zero-order chi connectivity index (χ0) is 25.0. The quantitative estimate of drug-likeness (QED) is 0.264. The fourth-order valence-corrected chi connectivity index (χ4v) is 5.37. The molecule has 1 aliphatic rings. The number of aromatic nitrogens is 2. The smallest absolute Gasteiger partial charge is 0.336 e. The third-order valence-electron chi connectivity index (χ3n) is 6.33. The van der Waals surface area contributed by atoms with Gasteiger partial charge in [0.15, 0.2) is 11.9 Å². The molecule has 0 amide bonds. The van der Waals surface area contributed by atoms with E-state index in [2.05, 4.69) is 4.98 Å². The molecule has 6 nitrogen and oxygen atoms in total. The monoisotopic (exact) mass is 568 g/mol. The second-order valence-corrected chi connectivity index (χ2v) is 10.7. The Morgan fingerprint density at radius 2 is 1.58 bits per heavy atom. The molecule has 0 saturated carbocycles. The zero-order valence-corrected chi connectivity index (χ0v) is 22.8. The molecule has 1 unspecified atom stereocenters. The van der Waals surface area contributed by atoms with E-state index in [1.165, 1.54) is 0 Å². The van der Waals surface area contributed by atoms with Gasteiger partial charge in [0.25, 0.3) is 0 Å². The van der Waals surface area contributed by atoms with Gasteiger partial charge in [-0.3, -0.25) is 9.55 Å². The van der Waals surface area contributed by atoms with Crippen LogP contribution in [0.1, 0.15) is 12.1 Å². The lowest BCUT2D eigenvalue weighted by molar-refractivity contribution is -0.604. The van der Waals surface area contributed by atoms with Gasteiger partial charge in [0.2, 0.25) is 5.69 Å². The summed E-state index contributed by atoms with van der Waals surface area (Å²) >= 11 is 0. The second-order valence-electron chi connectivity index (χ2n) is 8.74. The van der Waals surface area contributed by atoms with Crippen LogP contribution in [0.4, 0.5) is 0 Å². The Balaban J connectivity index is 0.00000200. The molecule has 0 radical (unpaired) electrons. The number of allylic oxidation sites excluding steroid dienone is 4. The largest absolute Gasteiger partial charge is 1.00 e. The maximum absolute atomic E-state index is 12.7. The van der Waals surface area contributed by atoms with Crippen molar-refractivity contribution >= 4 is 20.0 Å². The maximum Gasteiger partial charge on any atom is 0.336 e. The van der Waals surface area contributed by atoms with Crippen LogP contribution in [0.2, 0.25) is 0 Å². The Morgan fingerprint density at radius 1 is 0.895 bits per heavy atom. The molecule has 1 aliphatic carbocycles. The molecular weight excluding hydrogens is 542 g/mol. The average Bonchev–Trinajstić information content (AvgIpc) is 2.90. The molecule has 0 bridgehead atoms. The third-order valence-corrected chi connectivity index (χ3v) is 7.98. The lowest BCUT2D eigenvalue weighted by Gasteiger charge is -2.31. The first-order chi connectivity index (χ1) is 17.4. The highest BCUT2D eigenvalue weighted by Gasteiger charge is 2.46. The van der Waals surface area contributed by atoms with Crippen molar-refractivity contribution in [1.82, 2.24) is 4.98 Å². The van der Waals surface area contributed by atoms with E-state index in [9.17, 15) is 14.4 Å². The highest BCUT2D eigenvalue weighted by Crippen LogP contribution is 2.56. The van der Waals surface area contributed by atoms with E-state index in [4.69, 9.17) is 4.74 Å². The molecule has 1 atom stereocenters. The zero-order valence-electron chi connectivity index (χ0n) is 20.3. The molecule has 9 heteroatoms. The van der Waals surface area contributed by atoms with Crippen LogP contribution < -0.4 is 21.7 Å². The average molecular weight is 569 g/mol. The Morgan fingerprint density at radius 3 is 2.21 bits per heavy atom. The van der Waals surface area contributed by atoms with Crippen molar-refractivity contribution in [3.8, 4) is 28.3 Å². The number of hydrogen-bond donors (Lipinski definition) is 2. The summed E-state index contributed by atoms with van der Waals surface area (Å²) in [4.78, 5) is 24.8. The number of ether oxygens (including phenoxy) is 1. The Bertz CT molecular complexity index is 1460. The minimum Gasteiger partial charge on any atom is -1.00 e. The Hall–Kier alpha value is -3.25. The first kappa shape index (κ1) is 29.3. The first-order valence-electron chi connectivity index (χ1n) is 11.6. The Kier molecular flexibility index (Phi) is 9.66. The van der Waals surface area contributed by atoms with Gasteiger partial charge in [-0.1, -0.05) is 42.5 Å². The van der Waals surface area contributed by atoms with Crippen molar-refractivity contribution in [1.29, 1.82) is 0 Å². The molecule has 196 valence electrons. The molecule has 2 aromatic heterocycles. The summed E-state index contributed by atoms with van der Waals surface area (Å²) in [5.74, 6) is 1.45. The van der Waals surface area contributed by atoms with Crippen LogP contribution in [0, 0.1) is 0 Å². The Labute approximate surface area is 234 Å². The SMILES string of the molecule is Cl.O=P(O)(O)C1(Cc2cc(-c3ccncc3)cc[n+]2-c2ccc(Oc3ccccc3)cc2)C=CC=CC1.[Cl-]. The molecule has 0 saturated heterocycles. The van der Waals surface area contributed by atoms with Crippen molar-refractivity contribution in [2.24, 2.45) is 0 Å². The third kappa shape index (κ3) is 6.41. The molecule has 2 heterocycles. The van der Waals surface area contributed by atoms with Crippen LogP contribution in [0.3, 0.4) is 0 Å². The standard InChI is InChI=1S/C29H25N2O4P.2ClH/c32-36(33,34)29(16-5-2-6-17-29)22-26-21-24(23-13-18-30-19-14-23)15-20-31(26)25-9-11-28(12-10-25)35-27-7-3-1-4-8-27;;/h1-16,18-21H,17,22H2,(H-,32,33,34);2*1H. The van der Waals surface area contributed by atoms with E-state index in [-0.39, 0.29) is 37.7 Å². The number of rotatable bonds is 7. The van der Waals surface area contributed by atoms with Crippen molar-refractivity contribution in [2.75, 3.05) is 0 Å². The van der Waals surface area contributed by atoms with Gasteiger partial charge in [-0.05, 0) is 53.9 Å². The van der Waals surface area contributed by atoms with Crippen LogP contribution in [0.15, 0.2) is 122 Å². The van der Waals surface area contributed by atoms with Gasteiger partial charge in [-0.25, -0.2) is 0 Å². The minimum absolute atomic E-state index is 0. The molecule has 4 aromatic rings. The fourth-order valence-electron chi connectivity index (χ4n) is 4.38. The van der Waals surface area contributed by atoms with Crippen molar-refractivity contribution in [2.45, 2.75) is 18.0 Å². The fraction of sp³-hybridized carbons (Fsp3) is 0.103. The maximum atomic E-state index is 12.7. The summed E-state index contributed by atoms with van der Waals surface area (Å²) in [5.41, 5.74) is 3.57. The van der Waals surface area contributed by atoms with Gasteiger partial charge < -0.3 is 26.9 Å². The summed E-state index contributed by atoms with van der Waals surface area (Å²) in [7, 11) is -4.46. The number of halogens is 2. The highest BCUT2D eigenvalue weighted by molar-refractivity contribution is 7.53. The van der Waals surface area contributed by atoms with Gasteiger partial charge in [-0.15, -0.1) is 12.4 Å². The molecule has 2 aromatic carbocycles. The number of benzene rings is 2. The number of nitrogens with zero attached hydrogens (tertiary/aromatic N) is 2. The van der Waals surface area contributed by atoms with Crippen LogP contribution in [-0.4, -0.2) is 19.9 Å². The highest BCUT2D eigenvalue weighted by atomic mass is 35.5. The summed E-state index contributed by atoms with van der Waals surface area (Å²) in [5, 5.41) is -1.31. The summed E-state index contributed by atoms with van der Waals surface area (Å²) in [6.07, 6.45) is 12.8. The van der Waals surface area contributed by atoms with Crippen molar-refractivity contribution in [3.05, 3.63) is 127 Å². The summed E-state index contributed by atoms with van der Waals surface area (Å²) in [6.45, 7) is 0. The van der Waals surface area contributed by atoms with Crippen LogP contribution in [0.5, 0.6) is 11.5 Å². The van der Waals surface area contributed by atoms with Crippen molar-refractivity contribution in [3.63, 3.8) is 0 Å². The lowest BCUT2D eigenvalue weighted by Crippen LogP contribution is -3.00. The predicted molar refractivity (Wildman–Crippen MR) is 146 cm³/mol. The topological polar surface area (TPSA) is 83.5 Å². The lowest BCUT2D eigenvalue weighted by atomic mass is 9.93. The number of hydrogen-bond acceptors (Lipinski definition) is 3. The van der Waals surface area contributed by atoms with E-state index in [1.54, 1.807) is 24.5 Å². The molecule has 5 rings (SSSR count). The predicted octanol–water partition coefficient (Wildman–Crippen LogP) is 3.22. The number of para-hydroxylation sites is 1. The van der Waals surface area contributed by atoms with Crippen LogP contribution in [-0.2, 0) is 11.0 Å². The van der Waals surface area contributed by atoms with Gasteiger partial charge in [0.1, 0.15) is 16.7 Å². The molecule has 0 fully saturated rings. The summed E-state index contributed by atoms with van der Waals surface area (Å²) < 4.78 is 20.6. The molecule has 0 aliphatic heterocycles. The van der Waals surface area contributed by atoms with Gasteiger partial charge in [-0.2, -0.15) is 4.57 Å². The van der Waals surface area contributed by atoms with Gasteiger partial charge in [0.05, 0.1) is 6.42 Å². The first-order valence-corrected chi connectivity index (χ1v) is 13.2. The van der Waals surface area contributed by atoms with E-state index in [1.807, 2.05) is 102 Å². The van der Waals surface area contributed by atoms with Crippen molar-refractivity contribution < 1.29 is 36.1 Å². The summed E-state index contributed by atoms with van der Waals surface area (Å²) in [6, 6.07) is 25.0. The molecule has 0 spiro atoms. The molecular formula is C29H27Cl2N2O4P. The van der Waals surface area contributed by atoms with Gasteiger partial charge >= 0.3 is 7.60 Å². The second kappa shape index (κ2) is 12.5. The van der Waals surface area contributed by atoms with E-state index >= 15 is 0 Å². The number of pyridine rings is 2. The normalized spacial score (nSPS) is 16.3. The van der Waals surface area contributed by atoms with Crippen LogP contribution >= 0.6 is 20.0 Å². The van der Waals surface area contributed by atoms with E-state index in [0.29, 0.717) is 5.75 Å². The van der Waals surface area contributed by atoms with E-state index in [0.717, 1.165) is 28.3 Å². The molecule has 2 N–H and O–H groups in total.